The summed E-state index contributed by atoms with van der Waals surface area (Å²) in [5.41, 5.74) is 2.81. The maximum atomic E-state index is 12.2. The molecule has 0 aliphatic rings. The number of amides is 1. The van der Waals surface area contributed by atoms with Crippen LogP contribution in [0.25, 0.3) is 5.78 Å². The second-order valence-electron chi connectivity index (χ2n) is 5.82. The number of nitrogens with one attached hydrogen (secondary N) is 1. The molecule has 1 N–H and O–H groups in total. The summed E-state index contributed by atoms with van der Waals surface area (Å²) in [5, 5.41) is 11.1. The fraction of sp³-hybridized carbons (Fsp3) is 0.333. The minimum atomic E-state index is -0.0707. The first-order chi connectivity index (χ1) is 12.1. The molecule has 0 atom stereocenters. The van der Waals surface area contributed by atoms with Gasteiger partial charge < -0.3 is 10.1 Å². The summed E-state index contributed by atoms with van der Waals surface area (Å²) in [7, 11) is 0. The molecule has 3 aromatic rings. The van der Waals surface area contributed by atoms with Gasteiger partial charge in [-0.15, -0.1) is 10.2 Å². The van der Waals surface area contributed by atoms with E-state index in [1.165, 1.54) is 0 Å². The van der Waals surface area contributed by atoms with Gasteiger partial charge >= 0.3 is 0 Å². The van der Waals surface area contributed by atoms with E-state index in [-0.39, 0.29) is 5.91 Å². The Morgan fingerprint density at radius 2 is 1.96 bits per heavy atom. The number of aryl methyl sites for hydroxylation is 2. The summed E-state index contributed by atoms with van der Waals surface area (Å²) in [6, 6.07) is 9.49. The third-order valence-corrected chi connectivity index (χ3v) is 3.80. The predicted molar refractivity (Wildman–Crippen MR) is 93.4 cm³/mol. The van der Waals surface area contributed by atoms with Gasteiger partial charge in [0.25, 0.3) is 5.78 Å². The highest BCUT2D eigenvalue weighted by atomic mass is 16.5. The van der Waals surface area contributed by atoms with E-state index in [9.17, 15) is 4.79 Å². The number of hydrogen-bond donors (Lipinski definition) is 1. The van der Waals surface area contributed by atoms with Crippen molar-refractivity contribution in [2.24, 2.45) is 0 Å². The molecular weight excluding hydrogens is 318 g/mol. The average molecular weight is 339 g/mol. The maximum absolute atomic E-state index is 12.2. The number of aromatic nitrogens is 4. The topological polar surface area (TPSA) is 81.4 Å². The van der Waals surface area contributed by atoms with Gasteiger partial charge in [-0.3, -0.25) is 9.20 Å². The van der Waals surface area contributed by atoms with E-state index in [2.05, 4.69) is 20.5 Å². The first-order valence-electron chi connectivity index (χ1n) is 8.23. The monoisotopic (exact) mass is 339 g/mol. The van der Waals surface area contributed by atoms with Gasteiger partial charge in [0, 0.05) is 11.4 Å². The van der Waals surface area contributed by atoms with Crippen molar-refractivity contribution in [1.82, 2.24) is 24.9 Å². The highest BCUT2D eigenvalue weighted by Gasteiger charge is 2.11. The zero-order valence-electron chi connectivity index (χ0n) is 14.6. The average Bonchev–Trinajstić information content (AvgIpc) is 2.98. The van der Waals surface area contributed by atoms with Crippen molar-refractivity contribution < 1.29 is 9.53 Å². The molecule has 0 spiro atoms. The fourth-order valence-corrected chi connectivity index (χ4v) is 2.71. The lowest BCUT2D eigenvalue weighted by Gasteiger charge is -2.07. The fourth-order valence-electron chi connectivity index (χ4n) is 2.71. The van der Waals surface area contributed by atoms with Crippen molar-refractivity contribution >= 4 is 11.7 Å². The lowest BCUT2D eigenvalue weighted by Crippen LogP contribution is -2.25. The molecule has 7 heteroatoms. The highest BCUT2D eigenvalue weighted by Crippen LogP contribution is 2.12. The van der Waals surface area contributed by atoms with Crippen LogP contribution in [-0.2, 0) is 17.8 Å². The quantitative estimate of drug-likeness (QED) is 0.743. The van der Waals surface area contributed by atoms with Gasteiger partial charge in [0.1, 0.15) is 5.75 Å². The maximum Gasteiger partial charge on any atom is 0.255 e. The van der Waals surface area contributed by atoms with E-state index in [0.29, 0.717) is 31.2 Å². The molecule has 1 amide bonds. The first kappa shape index (κ1) is 16.9. The van der Waals surface area contributed by atoms with Crippen LogP contribution in [0, 0.1) is 13.8 Å². The van der Waals surface area contributed by atoms with Crippen LogP contribution in [-0.4, -0.2) is 32.1 Å². The van der Waals surface area contributed by atoms with E-state index < -0.39 is 0 Å². The Labute approximate surface area is 146 Å². The van der Waals surface area contributed by atoms with Gasteiger partial charge in [-0.2, -0.15) is 0 Å². The lowest BCUT2D eigenvalue weighted by atomic mass is 10.1. The summed E-state index contributed by atoms with van der Waals surface area (Å²) >= 11 is 0. The minimum Gasteiger partial charge on any atom is -0.494 e. The SMILES string of the molecule is CCOc1ccc(CC(=O)NCc2nnc3nc(C)cc(C)n23)cc1. The number of fused-ring (bicyclic) bond motifs is 1. The highest BCUT2D eigenvalue weighted by molar-refractivity contribution is 5.78. The largest absolute Gasteiger partial charge is 0.494 e. The molecule has 2 heterocycles. The van der Waals surface area contributed by atoms with Crippen molar-refractivity contribution in [2.45, 2.75) is 33.7 Å². The summed E-state index contributed by atoms with van der Waals surface area (Å²) in [5.74, 6) is 1.95. The van der Waals surface area contributed by atoms with Crippen molar-refractivity contribution in [3.63, 3.8) is 0 Å². The Morgan fingerprint density at radius 1 is 1.20 bits per heavy atom. The van der Waals surface area contributed by atoms with Gasteiger partial charge in [0.05, 0.1) is 19.6 Å². The van der Waals surface area contributed by atoms with E-state index in [1.807, 2.05) is 55.5 Å². The molecule has 0 aliphatic carbocycles. The molecule has 0 saturated carbocycles. The van der Waals surface area contributed by atoms with Gasteiger partial charge in [-0.1, -0.05) is 12.1 Å². The number of benzene rings is 1. The number of rotatable bonds is 6. The summed E-state index contributed by atoms with van der Waals surface area (Å²) in [6.07, 6.45) is 0.305. The molecule has 2 aromatic heterocycles. The van der Waals surface area contributed by atoms with Crippen LogP contribution in [0.5, 0.6) is 5.75 Å². The third-order valence-electron chi connectivity index (χ3n) is 3.80. The molecule has 130 valence electrons. The smallest absolute Gasteiger partial charge is 0.255 e. The van der Waals surface area contributed by atoms with Crippen LogP contribution in [0.15, 0.2) is 30.3 Å². The summed E-state index contributed by atoms with van der Waals surface area (Å²) in [4.78, 5) is 16.5. The number of ether oxygens (including phenoxy) is 1. The first-order valence-corrected chi connectivity index (χ1v) is 8.23. The van der Waals surface area contributed by atoms with Crippen LogP contribution in [0.1, 0.15) is 29.7 Å². The Morgan fingerprint density at radius 3 is 2.68 bits per heavy atom. The Bertz CT molecular complexity index is 886. The van der Waals surface area contributed by atoms with Crippen molar-refractivity contribution in [1.29, 1.82) is 0 Å². The molecule has 0 bridgehead atoms. The zero-order valence-corrected chi connectivity index (χ0v) is 14.6. The molecular formula is C18H21N5O2. The molecule has 0 saturated heterocycles. The van der Waals surface area contributed by atoms with Crippen LogP contribution in [0.4, 0.5) is 0 Å². The van der Waals surface area contributed by atoms with Crippen LogP contribution < -0.4 is 10.1 Å². The molecule has 0 fully saturated rings. The number of nitrogens with zero attached hydrogens (tertiary/aromatic N) is 4. The van der Waals surface area contributed by atoms with Gasteiger partial charge in [-0.25, -0.2) is 4.98 Å². The molecule has 3 rings (SSSR count). The molecule has 1 aromatic carbocycles. The molecule has 0 aliphatic heterocycles. The predicted octanol–water partition coefficient (Wildman–Crippen LogP) is 2.00. The second kappa shape index (κ2) is 7.29. The van der Waals surface area contributed by atoms with Crippen LogP contribution in [0.3, 0.4) is 0 Å². The normalized spacial score (nSPS) is 10.8. The minimum absolute atomic E-state index is 0.0707. The zero-order chi connectivity index (χ0) is 17.8. The van der Waals surface area contributed by atoms with E-state index in [0.717, 1.165) is 22.7 Å². The Hall–Kier alpha value is -2.96. The Balaban J connectivity index is 1.62. The van der Waals surface area contributed by atoms with Crippen molar-refractivity contribution in [3.05, 3.63) is 53.1 Å². The molecule has 25 heavy (non-hydrogen) atoms. The third kappa shape index (κ3) is 3.93. The number of carbonyl (C=O) groups is 1. The second-order valence-corrected chi connectivity index (χ2v) is 5.82. The summed E-state index contributed by atoms with van der Waals surface area (Å²) < 4.78 is 7.25. The lowest BCUT2D eigenvalue weighted by molar-refractivity contribution is -0.120. The molecule has 0 radical (unpaired) electrons. The van der Waals surface area contributed by atoms with Crippen molar-refractivity contribution in [3.8, 4) is 5.75 Å². The van der Waals surface area contributed by atoms with Gasteiger partial charge in [0.15, 0.2) is 5.82 Å². The van der Waals surface area contributed by atoms with Gasteiger partial charge in [-0.05, 0) is 44.5 Å². The Kier molecular flexibility index (Phi) is 4.92. The standard InChI is InChI=1S/C18H21N5O2/c1-4-25-15-7-5-14(6-8-15)10-17(24)19-11-16-21-22-18-20-12(2)9-13(3)23(16)18/h5-9H,4,10-11H2,1-3H3,(H,19,24). The molecule has 7 nitrogen and oxygen atoms in total. The number of hydrogen-bond acceptors (Lipinski definition) is 5. The van der Waals surface area contributed by atoms with E-state index in [1.54, 1.807) is 0 Å². The van der Waals surface area contributed by atoms with Crippen LogP contribution >= 0.6 is 0 Å². The van der Waals surface area contributed by atoms with Crippen molar-refractivity contribution in [2.75, 3.05) is 6.61 Å². The summed E-state index contributed by atoms with van der Waals surface area (Å²) in [6.45, 7) is 6.76. The van der Waals surface area contributed by atoms with E-state index >= 15 is 0 Å². The van der Waals surface area contributed by atoms with E-state index in [4.69, 9.17) is 4.74 Å². The number of carbonyl (C=O) groups excluding carboxylic acids is 1. The van der Waals surface area contributed by atoms with Crippen LogP contribution in [0.2, 0.25) is 0 Å². The molecule has 0 unspecified atom stereocenters. The van der Waals surface area contributed by atoms with Gasteiger partial charge in [0.2, 0.25) is 5.91 Å².